The molecule has 1 aliphatic heterocycles. The minimum absolute atomic E-state index is 0.304. The molecular weight excluding hydrogens is 235 g/mol. The fourth-order valence-corrected chi connectivity index (χ4v) is 1.71. The maximum Gasteiger partial charge on any atom is 0.139 e. The fraction of sp³-hybridized carbons (Fsp3) is 0.333. The molecule has 4 heteroatoms. The molecule has 0 bridgehead atoms. The van der Waals surface area contributed by atoms with Crippen LogP contribution in [0.15, 0.2) is 16.6 Å². The Labute approximate surface area is 84.7 Å². The predicted molar refractivity (Wildman–Crippen MR) is 55.3 cm³/mol. The third-order valence-corrected chi connectivity index (χ3v) is 2.87. The Morgan fingerprint density at radius 1 is 1.38 bits per heavy atom. The molecule has 2 nitrogen and oxygen atoms in total. The van der Waals surface area contributed by atoms with Gasteiger partial charge in [0.25, 0.3) is 0 Å². The number of benzene rings is 1. The molecule has 0 unspecified atom stereocenters. The highest BCUT2D eigenvalue weighted by molar-refractivity contribution is 9.10. The van der Waals surface area contributed by atoms with E-state index in [9.17, 15) is 4.39 Å². The average molecular weight is 245 g/mol. The van der Waals surface area contributed by atoms with Crippen LogP contribution < -0.4 is 10.6 Å². The van der Waals surface area contributed by atoms with Crippen LogP contribution in [0.25, 0.3) is 0 Å². The Morgan fingerprint density at radius 2 is 2.08 bits per heavy atom. The van der Waals surface area contributed by atoms with Gasteiger partial charge in [0.05, 0.1) is 15.8 Å². The molecule has 0 aromatic heterocycles. The predicted octanol–water partition coefficient (Wildman–Crippen LogP) is 2.38. The quantitative estimate of drug-likeness (QED) is 0.769. The highest BCUT2D eigenvalue weighted by Gasteiger charge is 2.18. The van der Waals surface area contributed by atoms with Crippen LogP contribution in [-0.4, -0.2) is 13.1 Å². The summed E-state index contributed by atoms with van der Waals surface area (Å²) in [5, 5.41) is 0. The van der Waals surface area contributed by atoms with Crippen molar-refractivity contribution in [3.05, 3.63) is 22.4 Å². The molecule has 0 amide bonds. The Kier molecular flexibility index (Phi) is 2.15. The third-order valence-electron chi connectivity index (χ3n) is 2.27. The van der Waals surface area contributed by atoms with Crippen LogP contribution in [0.2, 0.25) is 0 Å². The number of halogens is 2. The first-order valence-electron chi connectivity index (χ1n) is 4.18. The van der Waals surface area contributed by atoms with Crippen LogP contribution in [0.5, 0.6) is 0 Å². The first kappa shape index (κ1) is 8.81. The second-order valence-corrected chi connectivity index (χ2v) is 4.02. The fourth-order valence-electron chi connectivity index (χ4n) is 1.38. The molecule has 1 heterocycles. The highest BCUT2D eigenvalue weighted by Crippen LogP contribution is 2.31. The highest BCUT2D eigenvalue weighted by atomic mass is 79.9. The van der Waals surface area contributed by atoms with Gasteiger partial charge < -0.3 is 10.6 Å². The van der Waals surface area contributed by atoms with Crippen LogP contribution in [0.1, 0.15) is 6.42 Å². The monoisotopic (exact) mass is 244 g/mol. The summed E-state index contributed by atoms with van der Waals surface area (Å²) in [6.07, 6.45) is 1.19. The van der Waals surface area contributed by atoms with Gasteiger partial charge in [-0.05, 0) is 28.4 Å². The lowest BCUT2D eigenvalue weighted by molar-refractivity contribution is 0.608. The molecule has 1 fully saturated rings. The lowest BCUT2D eigenvalue weighted by atomic mass is 10.1. The molecule has 1 aliphatic rings. The zero-order valence-electron chi connectivity index (χ0n) is 7.06. The van der Waals surface area contributed by atoms with E-state index in [2.05, 4.69) is 20.8 Å². The molecule has 2 N–H and O–H groups in total. The molecule has 1 aromatic rings. The van der Waals surface area contributed by atoms with Crippen molar-refractivity contribution in [2.24, 2.45) is 0 Å². The summed E-state index contributed by atoms with van der Waals surface area (Å²) in [7, 11) is 0. The maximum atomic E-state index is 13.0. The molecule has 1 saturated heterocycles. The molecule has 1 aromatic carbocycles. The van der Waals surface area contributed by atoms with E-state index in [-0.39, 0.29) is 5.82 Å². The summed E-state index contributed by atoms with van der Waals surface area (Å²) in [6.45, 7) is 2.03. The summed E-state index contributed by atoms with van der Waals surface area (Å²) < 4.78 is 13.5. The lowest BCUT2D eigenvalue weighted by Gasteiger charge is -2.34. The zero-order chi connectivity index (χ0) is 9.42. The number of nitrogen functional groups attached to an aromatic ring is 1. The zero-order valence-corrected chi connectivity index (χ0v) is 8.64. The Balaban J connectivity index is 2.39. The number of nitrogens with two attached hydrogens (primary N) is 1. The van der Waals surface area contributed by atoms with Crippen LogP contribution in [0.4, 0.5) is 15.8 Å². The van der Waals surface area contributed by atoms with Gasteiger partial charge in [-0.2, -0.15) is 0 Å². The molecule has 0 spiro atoms. The van der Waals surface area contributed by atoms with Crippen LogP contribution in [0, 0.1) is 5.82 Å². The minimum atomic E-state index is -0.304. The average Bonchev–Trinajstić information content (AvgIpc) is 1.96. The van der Waals surface area contributed by atoms with Gasteiger partial charge in [0.2, 0.25) is 0 Å². The lowest BCUT2D eigenvalue weighted by Crippen LogP contribution is -2.37. The number of hydrogen-bond donors (Lipinski definition) is 1. The summed E-state index contributed by atoms with van der Waals surface area (Å²) >= 11 is 3.14. The van der Waals surface area contributed by atoms with E-state index in [1.807, 2.05) is 0 Å². The molecule has 0 aliphatic carbocycles. The maximum absolute atomic E-state index is 13.0. The van der Waals surface area contributed by atoms with Gasteiger partial charge in [-0.1, -0.05) is 0 Å². The molecule has 70 valence electrons. The van der Waals surface area contributed by atoms with Crippen LogP contribution in [0.3, 0.4) is 0 Å². The molecule has 0 radical (unpaired) electrons. The topological polar surface area (TPSA) is 29.3 Å². The van der Waals surface area contributed by atoms with Crippen LogP contribution in [-0.2, 0) is 0 Å². The van der Waals surface area contributed by atoms with Crippen molar-refractivity contribution in [2.75, 3.05) is 23.7 Å². The van der Waals surface area contributed by atoms with Crippen molar-refractivity contribution >= 4 is 27.3 Å². The van der Waals surface area contributed by atoms with Gasteiger partial charge in [-0.3, -0.25) is 0 Å². The molecule has 13 heavy (non-hydrogen) atoms. The van der Waals surface area contributed by atoms with Gasteiger partial charge in [-0.25, -0.2) is 4.39 Å². The Morgan fingerprint density at radius 3 is 2.62 bits per heavy atom. The first-order valence-corrected chi connectivity index (χ1v) is 4.97. The molecule has 0 atom stereocenters. The van der Waals surface area contributed by atoms with E-state index >= 15 is 0 Å². The van der Waals surface area contributed by atoms with Gasteiger partial charge in [0, 0.05) is 19.2 Å². The normalized spacial score (nSPS) is 15.7. The van der Waals surface area contributed by atoms with E-state index in [0.717, 1.165) is 18.8 Å². The van der Waals surface area contributed by atoms with Crippen molar-refractivity contribution in [3.8, 4) is 0 Å². The number of nitrogens with zero attached hydrogens (tertiary/aromatic N) is 1. The second kappa shape index (κ2) is 3.18. The third kappa shape index (κ3) is 1.50. The van der Waals surface area contributed by atoms with E-state index in [4.69, 9.17) is 5.73 Å². The Bertz CT molecular complexity index is 337. The van der Waals surface area contributed by atoms with Crippen molar-refractivity contribution in [3.63, 3.8) is 0 Å². The second-order valence-electron chi connectivity index (χ2n) is 3.17. The number of anilines is 2. The van der Waals surface area contributed by atoms with Gasteiger partial charge in [0.15, 0.2) is 0 Å². The van der Waals surface area contributed by atoms with E-state index < -0.39 is 0 Å². The molecule has 2 rings (SSSR count). The van der Waals surface area contributed by atoms with Gasteiger partial charge >= 0.3 is 0 Å². The van der Waals surface area contributed by atoms with E-state index in [1.54, 1.807) is 6.07 Å². The largest absolute Gasteiger partial charge is 0.397 e. The van der Waals surface area contributed by atoms with Crippen LogP contribution >= 0.6 is 15.9 Å². The van der Waals surface area contributed by atoms with Crippen molar-refractivity contribution < 1.29 is 4.39 Å². The van der Waals surface area contributed by atoms with Crippen molar-refractivity contribution in [1.82, 2.24) is 0 Å². The summed E-state index contributed by atoms with van der Waals surface area (Å²) in [4.78, 5) is 2.14. The standard InChI is InChI=1S/C9H10BrFN2/c10-6-4-9(13-2-1-3-13)8(12)5-7(6)11/h4-5H,1-3,12H2. The molecular formula is C9H10BrFN2. The number of hydrogen-bond acceptors (Lipinski definition) is 2. The number of rotatable bonds is 1. The summed E-state index contributed by atoms with van der Waals surface area (Å²) in [6, 6.07) is 3.10. The smallest absolute Gasteiger partial charge is 0.139 e. The summed E-state index contributed by atoms with van der Waals surface area (Å²) in [5.41, 5.74) is 7.14. The van der Waals surface area contributed by atoms with Crippen molar-refractivity contribution in [2.45, 2.75) is 6.42 Å². The SMILES string of the molecule is Nc1cc(F)c(Br)cc1N1CCC1. The van der Waals surface area contributed by atoms with Gasteiger partial charge in [0.1, 0.15) is 5.82 Å². The minimum Gasteiger partial charge on any atom is -0.397 e. The summed E-state index contributed by atoms with van der Waals surface area (Å²) in [5.74, 6) is -0.304. The van der Waals surface area contributed by atoms with E-state index in [0.29, 0.717) is 10.2 Å². The van der Waals surface area contributed by atoms with E-state index in [1.165, 1.54) is 12.5 Å². The first-order chi connectivity index (χ1) is 6.18. The Hall–Kier alpha value is -0.770. The van der Waals surface area contributed by atoms with Gasteiger partial charge in [-0.15, -0.1) is 0 Å². The van der Waals surface area contributed by atoms with Crippen molar-refractivity contribution in [1.29, 1.82) is 0 Å². The molecule has 0 saturated carbocycles.